The fourth-order valence-electron chi connectivity index (χ4n) is 2.57. The van der Waals surface area contributed by atoms with Gasteiger partial charge in [0.25, 0.3) is 0 Å². The van der Waals surface area contributed by atoms with Crippen LogP contribution in [0.1, 0.15) is 71.1 Å². The molecular formula is C21H46BrNO3. The SMILES string of the molecule is CCCCCCCCCCCCOCCOCCOCC[N+](C)(C)C.[Br-]. The lowest BCUT2D eigenvalue weighted by Crippen LogP contribution is -3.00. The van der Waals surface area contributed by atoms with Gasteiger partial charge in [-0.2, -0.15) is 0 Å². The van der Waals surface area contributed by atoms with Gasteiger partial charge in [-0.3, -0.25) is 0 Å². The molecule has 0 aromatic rings. The predicted octanol–water partition coefficient (Wildman–Crippen LogP) is 1.67. The maximum atomic E-state index is 5.61. The third-order valence-corrected chi connectivity index (χ3v) is 4.29. The molecule has 0 aromatic carbocycles. The molecule has 26 heavy (non-hydrogen) atoms. The van der Waals surface area contributed by atoms with E-state index in [-0.39, 0.29) is 17.0 Å². The Kier molecular flexibility index (Phi) is 23.7. The van der Waals surface area contributed by atoms with Crippen LogP contribution in [0.25, 0.3) is 0 Å². The van der Waals surface area contributed by atoms with Gasteiger partial charge >= 0.3 is 0 Å². The third kappa shape index (κ3) is 26.5. The van der Waals surface area contributed by atoms with Crippen molar-refractivity contribution in [2.75, 3.05) is 67.3 Å². The van der Waals surface area contributed by atoms with Crippen LogP contribution in [0.3, 0.4) is 0 Å². The molecule has 5 heteroatoms. The molecule has 0 aromatic heterocycles. The van der Waals surface area contributed by atoms with Crippen molar-refractivity contribution < 1.29 is 35.7 Å². The van der Waals surface area contributed by atoms with Crippen molar-refractivity contribution in [3.05, 3.63) is 0 Å². The average Bonchev–Trinajstić information content (AvgIpc) is 2.56. The second-order valence-electron chi connectivity index (χ2n) is 8.03. The number of rotatable bonds is 20. The molecule has 0 aliphatic carbocycles. The van der Waals surface area contributed by atoms with E-state index in [4.69, 9.17) is 14.2 Å². The van der Waals surface area contributed by atoms with E-state index in [0.717, 1.165) is 24.2 Å². The van der Waals surface area contributed by atoms with Crippen LogP contribution < -0.4 is 17.0 Å². The van der Waals surface area contributed by atoms with Gasteiger partial charge in [0.2, 0.25) is 0 Å². The monoisotopic (exact) mass is 439 g/mol. The lowest BCUT2D eigenvalue weighted by atomic mass is 10.1. The molecule has 0 spiro atoms. The summed E-state index contributed by atoms with van der Waals surface area (Å²) < 4.78 is 17.6. The summed E-state index contributed by atoms with van der Waals surface area (Å²) in [5.41, 5.74) is 0. The number of hydrogen-bond donors (Lipinski definition) is 0. The zero-order valence-electron chi connectivity index (χ0n) is 18.1. The van der Waals surface area contributed by atoms with Gasteiger partial charge in [0.1, 0.15) is 6.54 Å². The Morgan fingerprint density at radius 2 is 0.885 bits per heavy atom. The Hall–Kier alpha value is 0.320. The second-order valence-corrected chi connectivity index (χ2v) is 8.03. The summed E-state index contributed by atoms with van der Waals surface area (Å²) in [5, 5.41) is 0. The lowest BCUT2D eigenvalue weighted by molar-refractivity contribution is -0.870. The van der Waals surface area contributed by atoms with Crippen molar-refractivity contribution in [2.45, 2.75) is 71.1 Å². The van der Waals surface area contributed by atoms with Crippen molar-refractivity contribution in [1.29, 1.82) is 0 Å². The van der Waals surface area contributed by atoms with E-state index in [2.05, 4.69) is 28.1 Å². The Morgan fingerprint density at radius 1 is 0.500 bits per heavy atom. The second kappa shape index (κ2) is 21.6. The van der Waals surface area contributed by atoms with E-state index < -0.39 is 0 Å². The number of quaternary nitrogens is 1. The topological polar surface area (TPSA) is 27.7 Å². The molecule has 0 unspecified atom stereocenters. The number of unbranched alkanes of at least 4 members (excludes halogenated alkanes) is 9. The normalized spacial score (nSPS) is 11.5. The fraction of sp³-hybridized carbons (Fsp3) is 1.00. The zero-order valence-corrected chi connectivity index (χ0v) is 19.7. The van der Waals surface area contributed by atoms with Crippen molar-refractivity contribution >= 4 is 0 Å². The summed E-state index contributed by atoms with van der Waals surface area (Å²) in [5.74, 6) is 0. The smallest absolute Gasteiger partial charge is 0.102 e. The van der Waals surface area contributed by atoms with Crippen LogP contribution in [0, 0.1) is 0 Å². The van der Waals surface area contributed by atoms with Gasteiger partial charge < -0.3 is 35.7 Å². The minimum atomic E-state index is 0. The van der Waals surface area contributed by atoms with Crippen LogP contribution in [0.2, 0.25) is 0 Å². The van der Waals surface area contributed by atoms with Crippen LogP contribution in [0.5, 0.6) is 0 Å². The molecule has 0 saturated heterocycles. The molecule has 0 N–H and O–H groups in total. The van der Waals surface area contributed by atoms with Gasteiger partial charge in [0.05, 0.1) is 54.2 Å². The van der Waals surface area contributed by atoms with Crippen molar-refractivity contribution in [3.63, 3.8) is 0 Å². The molecule has 0 aliphatic rings. The predicted molar refractivity (Wildman–Crippen MR) is 107 cm³/mol. The highest BCUT2D eigenvalue weighted by Gasteiger charge is 2.05. The fourth-order valence-corrected chi connectivity index (χ4v) is 2.57. The molecule has 0 heterocycles. The molecule has 0 aliphatic heterocycles. The van der Waals surface area contributed by atoms with Crippen molar-refractivity contribution in [1.82, 2.24) is 0 Å². The average molecular weight is 441 g/mol. The van der Waals surface area contributed by atoms with E-state index >= 15 is 0 Å². The van der Waals surface area contributed by atoms with Gasteiger partial charge in [-0.1, -0.05) is 64.7 Å². The summed E-state index contributed by atoms with van der Waals surface area (Å²) in [7, 11) is 6.52. The van der Waals surface area contributed by atoms with Crippen LogP contribution in [-0.4, -0.2) is 71.8 Å². The van der Waals surface area contributed by atoms with Crippen LogP contribution >= 0.6 is 0 Å². The Morgan fingerprint density at radius 3 is 1.35 bits per heavy atom. The molecule has 4 nitrogen and oxygen atoms in total. The summed E-state index contributed by atoms with van der Waals surface area (Å²) >= 11 is 0. The summed E-state index contributed by atoms with van der Waals surface area (Å²) in [6, 6.07) is 0. The van der Waals surface area contributed by atoms with Crippen molar-refractivity contribution in [2.24, 2.45) is 0 Å². The number of nitrogens with zero attached hydrogens (tertiary/aromatic N) is 1. The Balaban J connectivity index is 0. The van der Waals surface area contributed by atoms with Gasteiger partial charge in [0, 0.05) is 6.61 Å². The third-order valence-electron chi connectivity index (χ3n) is 4.29. The van der Waals surface area contributed by atoms with Gasteiger partial charge in [-0.15, -0.1) is 0 Å². The first-order valence-electron chi connectivity index (χ1n) is 10.6. The van der Waals surface area contributed by atoms with E-state index in [1.807, 2.05) is 0 Å². The molecule has 0 bridgehead atoms. The summed E-state index contributed by atoms with van der Waals surface area (Å²) in [4.78, 5) is 0. The number of ether oxygens (including phenoxy) is 3. The lowest BCUT2D eigenvalue weighted by Gasteiger charge is -2.23. The highest BCUT2D eigenvalue weighted by atomic mass is 79.9. The van der Waals surface area contributed by atoms with E-state index in [0.29, 0.717) is 26.4 Å². The maximum absolute atomic E-state index is 5.61. The molecule has 0 radical (unpaired) electrons. The molecule has 160 valence electrons. The molecule has 0 rings (SSSR count). The first-order chi connectivity index (χ1) is 12.1. The minimum absolute atomic E-state index is 0. The zero-order chi connectivity index (χ0) is 18.6. The van der Waals surface area contributed by atoms with Crippen LogP contribution in [0.15, 0.2) is 0 Å². The highest BCUT2D eigenvalue weighted by Crippen LogP contribution is 2.10. The molecule has 0 atom stereocenters. The minimum Gasteiger partial charge on any atom is -1.00 e. The molecule has 0 amide bonds. The largest absolute Gasteiger partial charge is 1.00 e. The molecular weight excluding hydrogens is 394 g/mol. The number of hydrogen-bond acceptors (Lipinski definition) is 3. The first-order valence-corrected chi connectivity index (χ1v) is 10.6. The van der Waals surface area contributed by atoms with E-state index in [1.165, 1.54) is 64.2 Å². The van der Waals surface area contributed by atoms with Crippen LogP contribution in [-0.2, 0) is 14.2 Å². The standard InChI is InChI=1S/C21H46NO3.BrH/c1-5-6-7-8-9-10-11-12-13-14-16-23-18-20-25-21-19-24-17-15-22(2,3)4;/h5-21H2,1-4H3;1H/q+1;/p-1. The Bertz CT molecular complexity index is 260. The van der Waals surface area contributed by atoms with E-state index in [1.54, 1.807) is 0 Å². The van der Waals surface area contributed by atoms with E-state index in [9.17, 15) is 0 Å². The first kappa shape index (κ1) is 28.5. The van der Waals surface area contributed by atoms with Gasteiger partial charge in [-0.25, -0.2) is 0 Å². The summed E-state index contributed by atoms with van der Waals surface area (Å²) in [6.07, 6.45) is 13.7. The summed E-state index contributed by atoms with van der Waals surface area (Å²) in [6.45, 7) is 7.70. The van der Waals surface area contributed by atoms with Gasteiger partial charge in [-0.05, 0) is 6.42 Å². The van der Waals surface area contributed by atoms with Gasteiger partial charge in [0.15, 0.2) is 0 Å². The number of likely N-dealkylation sites (N-methyl/N-ethyl adjacent to an activating group) is 1. The van der Waals surface area contributed by atoms with Crippen molar-refractivity contribution in [3.8, 4) is 0 Å². The molecule has 0 saturated carbocycles. The number of halogens is 1. The van der Waals surface area contributed by atoms with Crippen LogP contribution in [0.4, 0.5) is 0 Å². The highest BCUT2D eigenvalue weighted by molar-refractivity contribution is 4.47. The molecule has 0 fully saturated rings. The maximum Gasteiger partial charge on any atom is 0.102 e. The Labute approximate surface area is 174 Å². The quantitative estimate of drug-likeness (QED) is 0.213.